The van der Waals surface area contributed by atoms with E-state index in [1.807, 2.05) is 39.8 Å². The number of benzene rings is 2. The molecule has 2 aromatic rings. The number of hydrogen-bond donors (Lipinski definition) is 3. The first-order chi connectivity index (χ1) is 13.8. The molecule has 0 aromatic heterocycles. The molecular weight excluding hydrogens is 374 g/mol. The summed E-state index contributed by atoms with van der Waals surface area (Å²) < 4.78 is 0. The monoisotopic (exact) mass is 409 g/mol. The number of hydrogen-bond acceptors (Lipinski definition) is 3. The van der Waals surface area contributed by atoms with Gasteiger partial charge < -0.3 is 16.0 Å². The number of rotatable bonds is 7. The van der Waals surface area contributed by atoms with E-state index < -0.39 is 0 Å². The number of aryl methyl sites for hydroxylation is 2. The van der Waals surface area contributed by atoms with E-state index in [1.54, 1.807) is 24.3 Å². The van der Waals surface area contributed by atoms with Crippen LogP contribution in [0.25, 0.3) is 0 Å². The van der Waals surface area contributed by atoms with Crippen molar-refractivity contribution in [2.24, 2.45) is 5.41 Å². The maximum Gasteiger partial charge on any atom is 0.251 e. The summed E-state index contributed by atoms with van der Waals surface area (Å²) in [5.74, 6) is -0.253. The van der Waals surface area contributed by atoms with Crippen molar-refractivity contribution in [2.75, 3.05) is 17.2 Å². The molecule has 5 nitrogen and oxygen atoms in total. The van der Waals surface area contributed by atoms with E-state index in [0.29, 0.717) is 11.3 Å². The van der Waals surface area contributed by atoms with Crippen molar-refractivity contribution in [3.8, 4) is 0 Å². The second-order valence-corrected chi connectivity index (χ2v) is 9.87. The average molecular weight is 410 g/mol. The van der Waals surface area contributed by atoms with Gasteiger partial charge in [-0.15, -0.1) is 0 Å². The van der Waals surface area contributed by atoms with Gasteiger partial charge in [0, 0.05) is 22.5 Å². The topological polar surface area (TPSA) is 70.2 Å². The fourth-order valence-corrected chi connectivity index (χ4v) is 3.85. The third kappa shape index (κ3) is 7.54. The van der Waals surface area contributed by atoms with Crippen LogP contribution in [0.1, 0.15) is 62.5 Å². The lowest BCUT2D eigenvalue weighted by atomic mass is 9.81. The number of carbonyl (C=O) groups excluding carboxylic acids is 2. The summed E-state index contributed by atoms with van der Waals surface area (Å²) in [5, 5.41) is 9.11. The van der Waals surface area contributed by atoms with Gasteiger partial charge in [-0.3, -0.25) is 9.59 Å². The molecule has 162 valence electrons. The average Bonchev–Trinajstić information content (AvgIpc) is 2.59. The van der Waals surface area contributed by atoms with Gasteiger partial charge in [-0.05, 0) is 75.4 Å². The van der Waals surface area contributed by atoms with Crippen molar-refractivity contribution in [1.82, 2.24) is 5.32 Å². The lowest BCUT2D eigenvalue weighted by molar-refractivity contribution is -0.114. The lowest BCUT2D eigenvalue weighted by Gasteiger charge is -2.33. The summed E-state index contributed by atoms with van der Waals surface area (Å²) in [5.41, 5.74) is 4.29. The van der Waals surface area contributed by atoms with E-state index in [4.69, 9.17) is 0 Å². The Kier molecular flexibility index (Phi) is 7.30. The van der Waals surface area contributed by atoms with Crippen molar-refractivity contribution in [2.45, 2.75) is 60.4 Å². The summed E-state index contributed by atoms with van der Waals surface area (Å²) in [4.78, 5) is 24.8. The van der Waals surface area contributed by atoms with Crippen LogP contribution in [0.5, 0.6) is 0 Å². The Morgan fingerprint density at radius 3 is 2.10 bits per heavy atom. The highest BCUT2D eigenvalue weighted by atomic mass is 16.2. The van der Waals surface area contributed by atoms with E-state index in [0.717, 1.165) is 17.7 Å². The van der Waals surface area contributed by atoms with Gasteiger partial charge in [-0.1, -0.05) is 38.5 Å². The normalized spacial score (nSPS) is 11.7. The van der Waals surface area contributed by atoms with Crippen LogP contribution < -0.4 is 16.0 Å². The van der Waals surface area contributed by atoms with Gasteiger partial charge in [-0.25, -0.2) is 0 Å². The van der Waals surface area contributed by atoms with E-state index >= 15 is 0 Å². The zero-order valence-electron chi connectivity index (χ0n) is 19.3. The largest absolute Gasteiger partial charge is 0.376 e. The molecule has 2 rings (SSSR count). The molecule has 0 bridgehead atoms. The molecule has 0 atom stereocenters. The third-order valence-electron chi connectivity index (χ3n) is 4.68. The molecule has 30 heavy (non-hydrogen) atoms. The highest BCUT2D eigenvalue weighted by molar-refractivity contribution is 5.97. The van der Waals surface area contributed by atoms with Crippen molar-refractivity contribution < 1.29 is 9.59 Å². The molecule has 0 unspecified atom stereocenters. The Labute approximate surface area is 180 Å². The fraction of sp³-hybridized carbons (Fsp3) is 0.440. The number of carbonyl (C=O) groups is 2. The standard InChI is InChI=1S/C25H35N3O2/c1-17-8-13-21(18(2)14-17)26-15-22(29)27-20-11-9-19(10-12-20)23(30)28-25(6,7)16-24(3,4)5/h8-14,26H,15-16H2,1-7H3,(H,27,29)(H,28,30). The van der Waals surface area contributed by atoms with Gasteiger partial charge >= 0.3 is 0 Å². The molecule has 0 heterocycles. The summed E-state index contributed by atoms with van der Waals surface area (Å²) in [7, 11) is 0. The number of amides is 2. The Bertz CT molecular complexity index is 894. The second kappa shape index (κ2) is 9.33. The first-order valence-corrected chi connectivity index (χ1v) is 10.4. The summed E-state index contributed by atoms with van der Waals surface area (Å²) >= 11 is 0. The van der Waals surface area contributed by atoms with Crippen molar-refractivity contribution in [3.05, 3.63) is 59.2 Å². The molecule has 2 amide bonds. The van der Waals surface area contributed by atoms with E-state index in [-0.39, 0.29) is 29.3 Å². The summed E-state index contributed by atoms with van der Waals surface area (Å²) in [6.45, 7) is 14.8. The third-order valence-corrected chi connectivity index (χ3v) is 4.68. The van der Waals surface area contributed by atoms with Gasteiger partial charge in [0.15, 0.2) is 0 Å². The molecule has 0 aliphatic rings. The Hall–Kier alpha value is -2.82. The molecule has 0 spiro atoms. The quantitative estimate of drug-likeness (QED) is 0.581. The van der Waals surface area contributed by atoms with Gasteiger partial charge in [0.05, 0.1) is 6.54 Å². The van der Waals surface area contributed by atoms with E-state index in [1.165, 1.54) is 5.56 Å². The predicted octanol–water partition coefficient (Wildman–Crippen LogP) is 5.30. The SMILES string of the molecule is Cc1ccc(NCC(=O)Nc2ccc(C(=O)NC(C)(C)CC(C)(C)C)cc2)c(C)c1. The highest BCUT2D eigenvalue weighted by Gasteiger charge is 2.27. The van der Waals surface area contributed by atoms with Crippen LogP contribution >= 0.6 is 0 Å². The molecular formula is C25H35N3O2. The first kappa shape index (κ1) is 23.5. The second-order valence-electron chi connectivity index (χ2n) is 9.87. The van der Waals surface area contributed by atoms with Gasteiger partial charge in [0.1, 0.15) is 0 Å². The van der Waals surface area contributed by atoms with Gasteiger partial charge in [0.25, 0.3) is 5.91 Å². The zero-order chi connectivity index (χ0) is 22.5. The summed E-state index contributed by atoms with van der Waals surface area (Å²) in [6, 6.07) is 13.0. The zero-order valence-corrected chi connectivity index (χ0v) is 19.3. The molecule has 2 aromatic carbocycles. The first-order valence-electron chi connectivity index (χ1n) is 10.4. The predicted molar refractivity (Wildman–Crippen MR) is 125 cm³/mol. The van der Waals surface area contributed by atoms with Crippen LogP contribution in [-0.2, 0) is 4.79 Å². The fourth-order valence-electron chi connectivity index (χ4n) is 3.85. The highest BCUT2D eigenvalue weighted by Crippen LogP contribution is 2.27. The number of anilines is 2. The van der Waals surface area contributed by atoms with Crippen LogP contribution in [0, 0.1) is 19.3 Å². The molecule has 0 aliphatic heterocycles. The van der Waals surface area contributed by atoms with Crippen LogP contribution in [0.4, 0.5) is 11.4 Å². The van der Waals surface area contributed by atoms with Crippen LogP contribution in [0.15, 0.2) is 42.5 Å². The van der Waals surface area contributed by atoms with E-state index in [2.05, 4.69) is 42.8 Å². The molecule has 0 aliphatic carbocycles. The van der Waals surface area contributed by atoms with E-state index in [9.17, 15) is 9.59 Å². The van der Waals surface area contributed by atoms with Crippen molar-refractivity contribution in [3.63, 3.8) is 0 Å². The molecule has 0 fully saturated rings. The van der Waals surface area contributed by atoms with Crippen LogP contribution in [-0.4, -0.2) is 23.9 Å². The Morgan fingerprint density at radius 2 is 1.53 bits per heavy atom. The molecule has 0 saturated carbocycles. The van der Waals surface area contributed by atoms with Gasteiger partial charge in [-0.2, -0.15) is 0 Å². The van der Waals surface area contributed by atoms with Crippen LogP contribution in [0.3, 0.4) is 0 Å². The minimum atomic E-state index is -0.304. The minimum Gasteiger partial charge on any atom is -0.376 e. The smallest absolute Gasteiger partial charge is 0.251 e. The Balaban J connectivity index is 1.90. The lowest BCUT2D eigenvalue weighted by Crippen LogP contribution is -2.45. The Morgan fingerprint density at radius 1 is 0.900 bits per heavy atom. The maximum atomic E-state index is 12.6. The molecule has 0 saturated heterocycles. The molecule has 3 N–H and O–H groups in total. The molecule has 5 heteroatoms. The van der Waals surface area contributed by atoms with Crippen molar-refractivity contribution in [1.29, 1.82) is 0 Å². The van der Waals surface area contributed by atoms with Gasteiger partial charge in [0.2, 0.25) is 5.91 Å². The maximum absolute atomic E-state index is 12.6. The number of nitrogens with one attached hydrogen (secondary N) is 3. The van der Waals surface area contributed by atoms with Crippen molar-refractivity contribution >= 4 is 23.2 Å². The minimum absolute atomic E-state index is 0.112. The summed E-state index contributed by atoms with van der Waals surface area (Å²) in [6.07, 6.45) is 0.868. The molecule has 0 radical (unpaired) electrons. The van der Waals surface area contributed by atoms with Crippen LogP contribution in [0.2, 0.25) is 0 Å².